The Kier molecular flexibility index (Phi) is 2.89. The van der Waals surface area contributed by atoms with E-state index in [-0.39, 0.29) is 11.9 Å². The SMILES string of the molecule is CC1c2cc(Br)ccc2N=C(CCl)[N+]1=O. The van der Waals surface area contributed by atoms with E-state index in [2.05, 4.69) is 20.9 Å². The number of halogens is 2. The molecule has 2 rings (SSSR count). The molecule has 0 aromatic heterocycles. The third-order valence-electron chi connectivity index (χ3n) is 2.41. The molecule has 15 heavy (non-hydrogen) atoms. The summed E-state index contributed by atoms with van der Waals surface area (Å²) in [4.78, 5) is 15.9. The molecule has 0 radical (unpaired) electrons. The van der Waals surface area contributed by atoms with Crippen molar-refractivity contribution in [1.82, 2.24) is 0 Å². The first kappa shape index (κ1) is 10.8. The fraction of sp³-hybridized carbons (Fsp3) is 0.300. The minimum Gasteiger partial charge on any atom is -0.113 e. The second-order valence-corrected chi connectivity index (χ2v) is 4.55. The van der Waals surface area contributed by atoms with Gasteiger partial charge in [0.25, 0.3) is 0 Å². The van der Waals surface area contributed by atoms with Crippen LogP contribution >= 0.6 is 27.5 Å². The van der Waals surface area contributed by atoms with E-state index >= 15 is 0 Å². The van der Waals surface area contributed by atoms with E-state index in [9.17, 15) is 4.91 Å². The Hall–Kier alpha value is -0.740. The number of nitrogens with zero attached hydrogens (tertiary/aromatic N) is 2. The first-order chi connectivity index (χ1) is 7.13. The summed E-state index contributed by atoms with van der Waals surface area (Å²) >= 11 is 9.03. The molecule has 1 atom stereocenters. The van der Waals surface area contributed by atoms with Crippen molar-refractivity contribution in [3.05, 3.63) is 33.1 Å². The lowest BCUT2D eigenvalue weighted by atomic mass is 10.0. The molecule has 0 N–H and O–H groups in total. The Bertz CT molecular complexity index is 459. The summed E-state index contributed by atoms with van der Waals surface area (Å²) in [5.41, 5.74) is 1.75. The Morgan fingerprint density at radius 1 is 1.60 bits per heavy atom. The summed E-state index contributed by atoms with van der Waals surface area (Å²) in [5.74, 6) is 0.516. The monoisotopic (exact) mass is 287 g/mol. The Morgan fingerprint density at radius 2 is 2.33 bits per heavy atom. The first-order valence-electron chi connectivity index (χ1n) is 4.53. The molecule has 1 aliphatic rings. The minimum atomic E-state index is -0.233. The van der Waals surface area contributed by atoms with E-state index in [1.807, 2.05) is 25.1 Å². The minimum absolute atomic E-state index is 0.142. The highest BCUT2D eigenvalue weighted by Gasteiger charge is 2.33. The molecule has 0 amide bonds. The molecule has 5 heteroatoms. The molecule has 0 aliphatic carbocycles. The zero-order chi connectivity index (χ0) is 11.0. The normalized spacial score (nSPS) is 19.8. The molecule has 1 heterocycles. The van der Waals surface area contributed by atoms with Crippen molar-refractivity contribution >= 4 is 39.1 Å². The average Bonchev–Trinajstić information content (AvgIpc) is 2.24. The number of hydrogen-bond donors (Lipinski definition) is 0. The van der Waals surface area contributed by atoms with E-state index in [4.69, 9.17) is 11.6 Å². The topological polar surface area (TPSA) is 32.4 Å². The van der Waals surface area contributed by atoms with Crippen LogP contribution in [-0.2, 0) is 0 Å². The summed E-state index contributed by atoms with van der Waals surface area (Å²) in [6, 6.07) is 5.47. The van der Waals surface area contributed by atoms with Gasteiger partial charge in [0.15, 0.2) is 11.7 Å². The molecule has 1 aliphatic heterocycles. The maximum absolute atomic E-state index is 11.7. The van der Waals surface area contributed by atoms with Gasteiger partial charge in [0.2, 0.25) is 0 Å². The Balaban J connectivity index is 2.59. The fourth-order valence-electron chi connectivity index (χ4n) is 1.59. The molecular formula is C10H9BrClN2O+. The fourth-order valence-corrected chi connectivity index (χ4v) is 2.15. The molecule has 3 nitrogen and oxygen atoms in total. The predicted molar refractivity (Wildman–Crippen MR) is 64.0 cm³/mol. The van der Waals surface area contributed by atoms with E-state index in [1.165, 1.54) is 0 Å². The number of amidine groups is 1. The molecule has 1 aromatic rings. The molecular weight excluding hydrogens is 279 g/mol. The summed E-state index contributed by atoms with van der Waals surface area (Å²) in [6.45, 7) is 1.85. The van der Waals surface area contributed by atoms with Crippen molar-refractivity contribution < 1.29 is 4.76 Å². The summed E-state index contributed by atoms with van der Waals surface area (Å²) in [7, 11) is 0. The molecule has 0 fully saturated rings. The second-order valence-electron chi connectivity index (χ2n) is 3.37. The van der Waals surface area contributed by atoms with Gasteiger partial charge in [0, 0.05) is 4.47 Å². The highest BCUT2D eigenvalue weighted by atomic mass is 79.9. The number of benzene rings is 1. The maximum Gasteiger partial charge on any atom is 0.352 e. The molecule has 0 spiro atoms. The third-order valence-corrected chi connectivity index (χ3v) is 3.15. The maximum atomic E-state index is 11.7. The number of alkyl halides is 1. The van der Waals surface area contributed by atoms with Crippen LogP contribution in [0.3, 0.4) is 0 Å². The number of aliphatic imine (C=N–C) groups is 1. The Labute approximate surface area is 101 Å². The lowest BCUT2D eigenvalue weighted by Crippen LogP contribution is -2.26. The zero-order valence-corrected chi connectivity index (χ0v) is 10.4. The van der Waals surface area contributed by atoms with Crippen LogP contribution in [0.25, 0.3) is 0 Å². The van der Waals surface area contributed by atoms with Gasteiger partial charge in [-0.25, -0.2) is 0 Å². The summed E-state index contributed by atoms with van der Waals surface area (Å²) in [5, 5.41) is 0. The highest BCUT2D eigenvalue weighted by Crippen LogP contribution is 2.34. The van der Waals surface area contributed by atoms with Gasteiger partial charge in [-0.15, -0.1) is 11.6 Å². The molecule has 0 saturated carbocycles. The van der Waals surface area contributed by atoms with Gasteiger partial charge < -0.3 is 0 Å². The van der Waals surface area contributed by atoms with Crippen molar-refractivity contribution in [1.29, 1.82) is 0 Å². The van der Waals surface area contributed by atoms with E-state index < -0.39 is 0 Å². The quantitative estimate of drug-likeness (QED) is 0.574. The van der Waals surface area contributed by atoms with Gasteiger partial charge >= 0.3 is 5.84 Å². The van der Waals surface area contributed by atoms with E-state index in [0.29, 0.717) is 5.84 Å². The van der Waals surface area contributed by atoms with Crippen molar-refractivity contribution in [3.8, 4) is 0 Å². The number of rotatable bonds is 1. The van der Waals surface area contributed by atoms with Crippen molar-refractivity contribution in [2.75, 3.05) is 5.88 Å². The molecule has 78 valence electrons. The first-order valence-corrected chi connectivity index (χ1v) is 5.85. The van der Waals surface area contributed by atoms with Crippen LogP contribution < -0.4 is 0 Å². The van der Waals surface area contributed by atoms with Crippen LogP contribution in [0.1, 0.15) is 18.5 Å². The number of nitroso groups, excluding NO2 is 1. The third kappa shape index (κ3) is 1.84. The van der Waals surface area contributed by atoms with Crippen LogP contribution in [0.2, 0.25) is 0 Å². The predicted octanol–water partition coefficient (Wildman–Crippen LogP) is 3.57. The largest absolute Gasteiger partial charge is 0.352 e. The Morgan fingerprint density at radius 3 is 3.00 bits per heavy atom. The smallest absolute Gasteiger partial charge is 0.113 e. The molecule has 1 aromatic carbocycles. The van der Waals surface area contributed by atoms with Gasteiger partial charge in [-0.3, -0.25) is 0 Å². The van der Waals surface area contributed by atoms with Gasteiger partial charge in [0.05, 0.1) is 5.56 Å². The van der Waals surface area contributed by atoms with Gasteiger partial charge in [0.1, 0.15) is 5.88 Å². The van der Waals surface area contributed by atoms with Gasteiger partial charge in [-0.2, -0.15) is 0 Å². The van der Waals surface area contributed by atoms with Crippen LogP contribution in [0.4, 0.5) is 5.69 Å². The summed E-state index contributed by atoms with van der Waals surface area (Å²) in [6.07, 6.45) is 0. The average molecular weight is 289 g/mol. The van der Waals surface area contributed by atoms with Crippen molar-refractivity contribution in [3.63, 3.8) is 0 Å². The van der Waals surface area contributed by atoms with Crippen molar-refractivity contribution in [2.45, 2.75) is 13.0 Å². The van der Waals surface area contributed by atoms with Crippen LogP contribution in [0.5, 0.6) is 0 Å². The molecule has 0 saturated heterocycles. The highest BCUT2D eigenvalue weighted by molar-refractivity contribution is 9.10. The molecule has 0 bridgehead atoms. The van der Waals surface area contributed by atoms with Gasteiger partial charge in [-0.05, 0) is 34.9 Å². The van der Waals surface area contributed by atoms with E-state index in [1.54, 1.807) is 0 Å². The lowest BCUT2D eigenvalue weighted by Gasteiger charge is -2.13. The number of hydrogen-bond acceptors (Lipinski definition) is 2. The van der Waals surface area contributed by atoms with Gasteiger partial charge in [-0.1, -0.05) is 20.8 Å². The molecule has 1 unspecified atom stereocenters. The van der Waals surface area contributed by atoms with Crippen molar-refractivity contribution in [2.24, 2.45) is 4.99 Å². The van der Waals surface area contributed by atoms with Crippen LogP contribution in [-0.4, -0.2) is 16.5 Å². The van der Waals surface area contributed by atoms with E-state index in [0.717, 1.165) is 20.5 Å². The van der Waals surface area contributed by atoms with Crippen LogP contribution in [0.15, 0.2) is 27.7 Å². The second kappa shape index (κ2) is 4.02. The standard InChI is InChI=1S/C10H9BrClN2O/c1-6-8-4-7(11)2-3-9(8)13-10(5-12)14(6)15/h2-4,6H,5H2,1H3/q+1. The zero-order valence-electron chi connectivity index (χ0n) is 8.08. The lowest BCUT2D eigenvalue weighted by molar-refractivity contribution is -0.480. The summed E-state index contributed by atoms with van der Waals surface area (Å²) < 4.78 is 1.81. The van der Waals surface area contributed by atoms with Crippen LogP contribution in [0, 0.1) is 4.91 Å². The number of fused-ring (bicyclic) bond motifs is 1.